The van der Waals surface area contributed by atoms with E-state index < -0.39 is 41.9 Å². The maximum Gasteiger partial charge on any atom is 0.459 e. The SMILES string of the molecule is CCCCc1nc(C(F)(F)C(F)(F)F)c(CO)n1Cc1ccc(C(C(N)=O)C2CCCC2)cc1. The van der Waals surface area contributed by atoms with Crippen LogP contribution in [0.4, 0.5) is 22.0 Å². The average Bonchev–Trinajstić information content (AvgIpc) is 3.41. The van der Waals surface area contributed by atoms with Gasteiger partial charge in [0.25, 0.3) is 0 Å². The lowest BCUT2D eigenvalue weighted by atomic mass is 9.84. The number of hydrogen-bond acceptors (Lipinski definition) is 3. The number of rotatable bonds is 10. The summed E-state index contributed by atoms with van der Waals surface area (Å²) in [5.41, 5.74) is 5.01. The van der Waals surface area contributed by atoms with Crippen molar-refractivity contribution in [2.75, 3.05) is 0 Å². The zero-order valence-electron chi connectivity index (χ0n) is 19.0. The summed E-state index contributed by atoms with van der Waals surface area (Å²) < 4.78 is 68.7. The Morgan fingerprint density at radius 2 is 1.79 bits per heavy atom. The quantitative estimate of drug-likeness (QED) is 0.453. The van der Waals surface area contributed by atoms with E-state index in [1.165, 1.54) is 4.57 Å². The van der Waals surface area contributed by atoms with Crippen LogP contribution in [0.25, 0.3) is 0 Å². The summed E-state index contributed by atoms with van der Waals surface area (Å²) in [4.78, 5) is 15.7. The number of unbranched alkanes of at least 4 members (excludes halogenated alkanes) is 1. The van der Waals surface area contributed by atoms with Gasteiger partial charge in [0.05, 0.1) is 18.2 Å². The zero-order chi connectivity index (χ0) is 25.1. The molecule has 1 aliphatic carbocycles. The largest absolute Gasteiger partial charge is 0.459 e. The highest BCUT2D eigenvalue weighted by Crippen LogP contribution is 2.45. The Bertz CT molecular complexity index is 980. The fraction of sp³-hybridized carbons (Fsp3) is 0.583. The molecule has 2 aromatic rings. The second kappa shape index (κ2) is 10.4. The number of aliphatic hydroxyl groups excluding tert-OH is 1. The molecule has 1 aromatic heterocycles. The molecule has 1 atom stereocenters. The fourth-order valence-corrected chi connectivity index (χ4v) is 4.77. The first-order valence-corrected chi connectivity index (χ1v) is 11.5. The Labute approximate surface area is 195 Å². The van der Waals surface area contributed by atoms with Crippen molar-refractivity contribution in [1.29, 1.82) is 0 Å². The number of aliphatic hydroxyl groups is 1. The molecule has 10 heteroatoms. The molecule has 1 unspecified atom stereocenters. The predicted molar refractivity (Wildman–Crippen MR) is 116 cm³/mol. The smallest absolute Gasteiger partial charge is 0.390 e. The van der Waals surface area contributed by atoms with Crippen LogP contribution >= 0.6 is 0 Å². The summed E-state index contributed by atoms with van der Waals surface area (Å²) in [6.07, 6.45) is -0.478. The Morgan fingerprint density at radius 3 is 2.29 bits per heavy atom. The molecule has 188 valence electrons. The van der Waals surface area contributed by atoms with Gasteiger partial charge >= 0.3 is 12.1 Å². The van der Waals surface area contributed by atoms with Crippen molar-refractivity contribution >= 4 is 5.91 Å². The number of halogens is 5. The van der Waals surface area contributed by atoms with Gasteiger partial charge < -0.3 is 15.4 Å². The molecule has 3 N–H and O–H groups in total. The van der Waals surface area contributed by atoms with E-state index in [9.17, 15) is 31.9 Å². The van der Waals surface area contributed by atoms with Gasteiger partial charge in [-0.2, -0.15) is 22.0 Å². The second-order valence-corrected chi connectivity index (χ2v) is 8.91. The number of benzene rings is 1. The topological polar surface area (TPSA) is 81.1 Å². The van der Waals surface area contributed by atoms with Crippen molar-refractivity contribution in [3.8, 4) is 0 Å². The summed E-state index contributed by atoms with van der Waals surface area (Å²) in [5.74, 6) is -5.77. The fourth-order valence-electron chi connectivity index (χ4n) is 4.77. The molecule has 1 heterocycles. The van der Waals surface area contributed by atoms with E-state index >= 15 is 0 Å². The van der Waals surface area contributed by atoms with Crippen molar-refractivity contribution in [2.24, 2.45) is 11.7 Å². The number of carbonyl (C=O) groups is 1. The van der Waals surface area contributed by atoms with Crippen LogP contribution in [0.5, 0.6) is 0 Å². The van der Waals surface area contributed by atoms with Crippen LogP contribution < -0.4 is 5.73 Å². The molecule has 1 fully saturated rings. The van der Waals surface area contributed by atoms with E-state index in [2.05, 4.69) is 4.98 Å². The van der Waals surface area contributed by atoms with E-state index in [4.69, 9.17) is 5.73 Å². The standard InChI is InChI=1S/C24H30F5N3O2/c1-2-3-8-19-31-21(23(25,26)24(27,28)29)18(14-33)32(19)13-15-9-11-17(12-10-15)20(22(30)34)16-6-4-5-7-16/h9-12,16,20,33H,2-8,13-14H2,1H3,(H2,30,34). The minimum atomic E-state index is -5.83. The number of imidazole rings is 1. The van der Waals surface area contributed by atoms with Gasteiger partial charge in [0.15, 0.2) is 0 Å². The summed E-state index contributed by atoms with van der Waals surface area (Å²) in [6.45, 7) is 0.814. The van der Waals surface area contributed by atoms with Crippen molar-refractivity contribution in [1.82, 2.24) is 9.55 Å². The molecule has 0 bridgehead atoms. The highest BCUT2D eigenvalue weighted by Gasteiger charge is 2.61. The normalized spacial score (nSPS) is 16.2. The number of aryl methyl sites for hydroxylation is 1. The molecule has 0 aliphatic heterocycles. The summed E-state index contributed by atoms with van der Waals surface area (Å²) in [7, 11) is 0. The van der Waals surface area contributed by atoms with Crippen LogP contribution in [0.15, 0.2) is 24.3 Å². The summed E-state index contributed by atoms with van der Waals surface area (Å²) in [6, 6.07) is 6.89. The maximum absolute atomic E-state index is 14.2. The molecular weight excluding hydrogens is 457 g/mol. The lowest BCUT2D eigenvalue weighted by Crippen LogP contribution is -2.35. The van der Waals surface area contributed by atoms with Crippen molar-refractivity contribution in [3.63, 3.8) is 0 Å². The number of amides is 1. The van der Waals surface area contributed by atoms with Crippen LogP contribution in [-0.4, -0.2) is 26.7 Å². The summed E-state index contributed by atoms with van der Waals surface area (Å²) in [5, 5.41) is 9.73. The van der Waals surface area contributed by atoms with Crippen molar-refractivity contribution in [3.05, 3.63) is 52.6 Å². The van der Waals surface area contributed by atoms with Gasteiger partial charge in [-0.25, -0.2) is 4.98 Å². The number of alkyl halides is 5. The predicted octanol–water partition coefficient (Wildman–Crippen LogP) is 5.18. The number of hydrogen-bond donors (Lipinski definition) is 2. The summed E-state index contributed by atoms with van der Waals surface area (Å²) >= 11 is 0. The van der Waals surface area contributed by atoms with Crippen molar-refractivity contribution in [2.45, 2.75) is 83.0 Å². The lowest BCUT2D eigenvalue weighted by Gasteiger charge is -2.21. The van der Waals surface area contributed by atoms with Gasteiger partial charge in [0.1, 0.15) is 11.5 Å². The molecule has 1 amide bonds. The third-order valence-electron chi connectivity index (χ3n) is 6.57. The lowest BCUT2D eigenvalue weighted by molar-refractivity contribution is -0.291. The molecule has 0 spiro atoms. The monoisotopic (exact) mass is 487 g/mol. The minimum Gasteiger partial charge on any atom is -0.390 e. The maximum atomic E-state index is 14.2. The van der Waals surface area contributed by atoms with Crippen molar-refractivity contribution < 1.29 is 31.9 Å². The van der Waals surface area contributed by atoms with Crippen LogP contribution in [0.2, 0.25) is 0 Å². The molecule has 1 saturated carbocycles. The third kappa shape index (κ3) is 5.26. The van der Waals surface area contributed by atoms with Gasteiger partial charge in [-0.1, -0.05) is 50.5 Å². The van der Waals surface area contributed by atoms with Crippen LogP contribution in [-0.2, 0) is 30.3 Å². The molecule has 34 heavy (non-hydrogen) atoms. The number of nitrogens with zero attached hydrogens (tertiary/aromatic N) is 2. The molecule has 3 rings (SSSR count). The number of nitrogens with two attached hydrogens (primary N) is 1. The van der Waals surface area contributed by atoms with E-state index in [0.29, 0.717) is 18.4 Å². The minimum absolute atomic E-state index is 0.0408. The Morgan fingerprint density at radius 1 is 1.18 bits per heavy atom. The Balaban J connectivity index is 1.95. The molecular formula is C24H30F5N3O2. The first kappa shape index (κ1) is 26.1. The molecule has 1 aromatic carbocycles. The highest BCUT2D eigenvalue weighted by atomic mass is 19.4. The van der Waals surface area contributed by atoms with E-state index in [1.54, 1.807) is 24.3 Å². The highest BCUT2D eigenvalue weighted by molar-refractivity contribution is 5.82. The van der Waals surface area contributed by atoms with E-state index in [-0.39, 0.29) is 24.7 Å². The van der Waals surface area contributed by atoms with Crippen LogP contribution in [0, 0.1) is 5.92 Å². The number of carbonyl (C=O) groups excluding carboxylic acids is 1. The third-order valence-corrected chi connectivity index (χ3v) is 6.57. The first-order chi connectivity index (χ1) is 16.0. The Kier molecular flexibility index (Phi) is 8.00. The number of primary amides is 1. The molecule has 5 nitrogen and oxygen atoms in total. The van der Waals surface area contributed by atoms with E-state index in [1.807, 2.05) is 6.92 Å². The molecule has 1 aliphatic rings. The van der Waals surface area contributed by atoms with Gasteiger partial charge in [-0.05, 0) is 36.3 Å². The Hall–Kier alpha value is -2.49. The average molecular weight is 488 g/mol. The van der Waals surface area contributed by atoms with Gasteiger partial charge in [0.2, 0.25) is 5.91 Å². The molecule has 0 radical (unpaired) electrons. The second-order valence-electron chi connectivity index (χ2n) is 8.91. The van der Waals surface area contributed by atoms with Crippen LogP contribution in [0.1, 0.15) is 79.7 Å². The van der Waals surface area contributed by atoms with Gasteiger partial charge in [0, 0.05) is 13.0 Å². The molecule has 0 saturated heterocycles. The van der Waals surface area contributed by atoms with Crippen LogP contribution in [0.3, 0.4) is 0 Å². The number of aromatic nitrogens is 2. The zero-order valence-corrected chi connectivity index (χ0v) is 19.0. The van der Waals surface area contributed by atoms with Gasteiger partial charge in [-0.3, -0.25) is 4.79 Å². The van der Waals surface area contributed by atoms with Gasteiger partial charge in [-0.15, -0.1) is 0 Å². The van der Waals surface area contributed by atoms with E-state index in [0.717, 1.165) is 31.2 Å². The first-order valence-electron chi connectivity index (χ1n) is 11.5.